The van der Waals surface area contributed by atoms with Crippen molar-refractivity contribution in [3.8, 4) is 0 Å². The lowest BCUT2D eigenvalue weighted by Crippen LogP contribution is -2.38. The lowest BCUT2D eigenvalue weighted by Gasteiger charge is -2.43. The summed E-state index contributed by atoms with van der Waals surface area (Å²) in [7, 11) is 0. The van der Waals surface area contributed by atoms with Crippen molar-refractivity contribution in [3.05, 3.63) is 71.8 Å². The van der Waals surface area contributed by atoms with Crippen molar-refractivity contribution in [2.45, 2.75) is 53.4 Å². The quantitative estimate of drug-likeness (QED) is 0.539. The van der Waals surface area contributed by atoms with Crippen LogP contribution in [0.4, 0.5) is 0 Å². The van der Waals surface area contributed by atoms with Crippen LogP contribution in [-0.2, 0) is 17.6 Å². The maximum Gasteiger partial charge on any atom is 0.306 e. The van der Waals surface area contributed by atoms with Crippen molar-refractivity contribution >= 4 is 5.97 Å². The van der Waals surface area contributed by atoms with Crippen LogP contribution in [-0.4, -0.2) is 11.1 Å². The number of hydrogen-bond donors (Lipinski definition) is 1. The predicted octanol–water partition coefficient (Wildman–Crippen LogP) is 6.25. The smallest absolute Gasteiger partial charge is 0.306 e. The average Bonchev–Trinajstić information content (AvgIpc) is 2.65. The SMILES string of the molecule is CC(C)C(CCc1ccccc1)(CC(Cc1ccccc1)C(=O)O)C(C)C. The van der Waals surface area contributed by atoms with Gasteiger partial charge in [-0.2, -0.15) is 0 Å². The molecule has 0 amide bonds. The number of hydrogen-bond acceptors (Lipinski definition) is 1. The van der Waals surface area contributed by atoms with Gasteiger partial charge in [0, 0.05) is 0 Å². The normalized spacial score (nSPS) is 13.1. The standard InChI is InChI=1S/C25H34O2/c1-19(2)25(20(3)4,16-15-21-11-7-5-8-12-21)18-23(24(26)27)17-22-13-9-6-10-14-22/h5-14,19-20,23H,15-18H2,1-4H3,(H,26,27). The number of benzene rings is 2. The van der Waals surface area contributed by atoms with E-state index in [2.05, 4.69) is 52.0 Å². The molecule has 0 spiro atoms. The third kappa shape index (κ3) is 5.69. The molecule has 0 fully saturated rings. The van der Waals surface area contributed by atoms with E-state index >= 15 is 0 Å². The number of aliphatic carboxylic acids is 1. The first-order valence-electron chi connectivity index (χ1n) is 10.2. The van der Waals surface area contributed by atoms with Gasteiger partial charge in [0.2, 0.25) is 0 Å². The van der Waals surface area contributed by atoms with Crippen LogP contribution in [0.3, 0.4) is 0 Å². The molecule has 0 saturated heterocycles. The molecule has 2 rings (SSSR count). The maximum absolute atomic E-state index is 12.1. The summed E-state index contributed by atoms with van der Waals surface area (Å²) in [6, 6.07) is 20.6. The molecule has 1 N–H and O–H groups in total. The molecule has 0 saturated carbocycles. The molecule has 2 heteroatoms. The second-order valence-electron chi connectivity index (χ2n) is 8.46. The molecule has 1 unspecified atom stereocenters. The topological polar surface area (TPSA) is 37.3 Å². The highest BCUT2D eigenvalue weighted by Crippen LogP contribution is 2.46. The van der Waals surface area contributed by atoms with Gasteiger partial charge in [-0.3, -0.25) is 4.79 Å². The van der Waals surface area contributed by atoms with E-state index in [0.29, 0.717) is 18.3 Å². The van der Waals surface area contributed by atoms with Crippen LogP contribution >= 0.6 is 0 Å². The molecular formula is C25H34O2. The van der Waals surface area contributed by atoms with Crippen LogP contribution < -0.4 is 0 Å². The third-order valence-corrected chi connectivity index (χ3v) is 6.32. The lowest BCUT2D eigenvalue weighted by molar-refractivity contribution is -0.143. The van der Waals surface area contributed by atoms with Gasteiger partial charge >= 0.3 is 5.97 Å². The van der Waals surface area contributed by atoms with Gasteiger partial charge in [0.15, 0.2) is 0 Å². The molecule has 2 aromatic rings. The zero-order chi connectivity index (χ0) is 19.9. The Morgan fingerprint density at radius 2 is 1.33 bits per heavy atom. The monoisotopic (exact) mass is 366 g/mol. The summed E-state index contributed by atoms with van der Waals surface area (Å²) >= 11 is 0. The largest absolute Gasteiger partial charge is 0.481 e. The van der Waals surface area contributed by atoms with Crippen LogP contribution in [0.5, 0.6) is 0 Å². The molecule has 0 heterocycles. The Morgan fingerprint density at radius 3 is 1.78 bits per heavy atom. The zero-order valence-electron chi connectivity index (χ0n) is 17.2. The van der Waals surface area contributed by atoms with E-state index in [1.807, 2.05) is 36.4 Å². The number of carboxylic acids is 1. The van der Waals surface area contributed by atoms with Gasteiger partial charge < -0.3 is 5.11 Å². The molecule has 0 aliphatic heterocycles. The summed E-state index contributed by atoms with van der Waals surface area (Å²) in [5, 5.41) is 9.95. The van der Waals surface area contributed by atoms with Crippen LogP contribution in [0.25, 0.3) is 0 Å². The Morgan fingerprint density at radius 1 is 0.852 bits per heavy atom. The fraction of sp³-hybridized carbons (Fsp3) is 0.480. The first kappa shape index (κ1) is 21.2. The lowest BCUT2D eigenvalue weighted by atomic mass is 9.61. The summed E-state index contributed by atoms with van der Waals surface area (Å²) in [5.74, 6) is -0.171. The van der Waals surface area contributed by atoms with E-state index in [-0.39, 0.29) is 11.3 Å². The van der Waals surface area contributed by atoms with Crippen molar-refractivity contribution in [3.63, 3.8) is 0 Å². The average molecular weight is 367 g/mol. The number of carbonyl (C=O) groups is 1. The van der Waals surface area contributed by atoms with E-state index in [9.17, 15) is 9.90 Å². The zero-order valence-corrected chi connectivity index (χ0v) is 17.2. The van der Waals surface area contributed by atoms with Crippen LogP contribution in [0.15, 0.2) is 60.7 Å². The van der Waals surface area contributed by atoms with Crippen LogP contribution in [0.1, 0.15) is 51.7 Å². The van der Waals surface area contributed by atoms with Crippen molar-refractivity contribution in [1.82, 2.24) is 0 Å². The number of aryl methyl sites for hydroxylation is 1. The van der Waals surface area contributed by atoms with Gasteiger partial charge in [-0.25, -0.2) is 0 Å². The predicted molar refractivity (Wildman–Crippen MR) is 113 cm³/mol. The van der Waals surface area contributed by atoms with Crippen LogP contribution in [0.2, 0.25) is 0 Å². The first-order chi connectivity index (χ1) is 12.8. The Kier molecular flexibility index (Phi) is 7.65. The molecule has 146 valence electrons. The first-order valence-corrected chi connectivity index (χ1v) is 10.2. The molecule has 1 atom stereocenters. The minimum atomic E-state index is -0.677. The second-order valence-corrected chi connectivity index (χ2v) is 8.46. The van der Waals surface area contributed by atoms with E-state index in [1.54, 1.807) is 0 Å². The highest BCUT2D eigenvalue weighted by molar-refractivity contribution is 5.70. The summed E-state index contributed by atoms with van der Waals surface area (Å²) in [4.78, 5) is 12.1. The van der Waals surface area contributed by atoms with Crippen LogP contribution in [0, 0.1) is 23.2 Å². The maximum atomic E-state index is 12.1. The molecule has 2 aromatic carbocycles. The van der Waals surface area contributed by atoms with Crippen molar-refractivity contribution in [1.29, 1.82) is 0 Å². The molecule has 0 aliphatic carbocycles. The summed E-state index contributed by atoms with van der Waals surface area (Å²) in [6.07, 6.45) is 3.34. The molecule has 0 aromatic heterocycles. The Balaban J connectivity index is 2.23. The fourth-order valence-corrected chi connectivity index (χ4v) is 4.44. The Hall–Kier alpha value is -2.09. The van der Waals surface area contributed by atoms with E-state index in [0.717, 1.165) is 24.8 Å². The van der Waals surface area contributed by atoms with Crippen molar-refractivity contribution < 1.29 is 9.90 Å². The molecule has 0 radical (unpaired) electrons. The second kappa shape index (κ2) is 9.73. The van der Waals surface area contributed by atoms with Crippen molar-refractivity contribution in [2.75, 3.05) is 0 Å². The molecule has 0 aliphatic rings. The number of rotatable bonds is 10. The Bertz CT molecular complexity index is 681. The summed E-state index contributed by atoms with van der Waals surface area (Å²) in [6.45, 7) is 9.03. The van der Waals surface area contributed by atoms with Gasteiger partial charge in [0.05, 0.1) is 5.92 Å². The molecule has 27 heavy (non-hydrogen) atoms. The molecule has 0 bridgehead atoms. The van der Waals surface area contributed by atoms with Gasteiger partial charge in [-0.05, 0) is 54.1 Å². The van der Waals surface area contributed by atoms with E-state index in [4.69, 9.17) is 0 Å². The van der Waals surface area contributed by atoms with Crippen molar-refractivity contribution in [2.24, 2.45) is 23.2 Å². The fourth-order valence-electron chi connectivity index (χ4n) is 4.44. The van der Waals surface area contributed by atoms with Gasteiger partial charge in [-0.1, -0.05) is 88.4 Å². The van der Waals surface area contributed by atoms with E-state index < -0.39 is 5.97 Å². The van der Waals surface area contributed by atoms with Gasteiger partial charge in [0.25, 0.3) is 0 Å². The van der Waals surface area contributed by atoms with E-state index in [1.165, 1.54) is 5.56 Å². The minimum absolute atomic E-state index is 0.00762. The third-order valence-electron chi connectivity index (χ3n) is 6.32. The molecular weight excluding hydrogens is 332 g/mol. The highest BCUT2D eigenvalue weighted by Gasteiger charge is 2.40. The van der Waals surface area contributed by atoms with Gasteiger partial charge in [-0.15, -0.1) is 0 Å². The summed E-state index contributed by atoms with van der Waals surface area (Å²) < 4.78 is 0. The Labute approximate surface area is 164 Å². The minimum Gasteiger partial charge on any atom is -0.481 e. The molecule has 2 nitrogen and oxygen atoms in total. The number of carboxylic acid groups (broad SMARTS) is 1. The summed E-state index contributed by atoms with van der Waals surface area (Å²) in [5.41, 5.74) is 2.45. The highest BCUT2D eigenvalue weighted by atomic mass is 16.4. The van der Waals surface area contributed by atoms with Gasteiger partial charge in [0.1, 0.15) is 0 Å².